The van der Waals surface area contributed by atoms with Crippen LogP contribution in [0.25, 0.3) is 0 Å². The third-order valence-corrected chi connectivity index (χ3v) is 4.89. The molecular formula is C22H29NO3. The number of aliphatic hydroxyl groups is 1. The highest BCUT2D eigenvalue weighted by Gasteiger charge is 2.16. The second-order valence-electron chi connectivity index (χ2n) is 6.93. The Kier molecular flexibility index (Phi) is 6.92. The fourth-order valence-electron chi connectivity index (χ4n) is 3.46. The summed E-state index contributed by atoms with van der Waals surface area (Å²) in [6.45, 7) is 3.22. The summed E-state index contributed by atoms with van der Waals surface area (Å²) in [5.41, 5.74) is 2.41. The number of aryl methyl sites for hydroxylation is 2. The van der Waals surface area contributed by atoms with E-state index >= 15 is 0 Å². The lowest BCUT2D eigenvalue weighted by Gasteiger charge is -2.20. The van der Waals surface area contributed by atoms with E-state index in [9.17, 15) is 5.11 Å². The van der Waals surface area contributed by atoms with E-state index in [1.807, 2.05) is 30.3 Å². The summed E-state index contributed by atoms with van der Waals surface area (Å²) >= 11 is 0. The van der Waals surface area contributed by atoms with Crippen LogP contribution in [0.1, 0.15) is 24.0 Å². The molecule has 1 N–H and O–H groups in total. The molecule has 140 valence electrons. The van der Waals surface area contributed by atoms with Crippen molar-refractivity contribution in [1.82, 2.24) is 4.90 Å². The van der Waals surface area contributed by atoms with Gasteiger partial charge in [0.05, 0.1) is 7.11 Å². The number of aliphatic hydroxyl groups excluding tert-OH is 1. The Labute approximate surface area is 156 Å². The number of methoxy groups -OCH3 is 1. The van der Waals surface area contributed by atoms with Crippen molar-refractivity contribution in [2.24, 2.45) is 0 Å². The Morgan fingerprint density at radius 1 is 1.04 bits per heavy atom. The first-order valence-corrected chi connectivity index (χ1v) is 9.48. The van der Waals surface area contributed by atoms with Gasteiger partial charge in [-0.05, 0) is 68.1 Å². The zero-order chi connectivity index (χ0) is 18.2. The van der Waals surface area contributed by atoms with Crippen molar-refractivity contribution in [2.75, 3.05) is 33.4 Å². The molecule has 1 fully saturated rings. The molecule has 0 bridgehead atoms. The molecule has 4 nitrogen and oxygen atoms in total. The number of hydrogen-bond acceptors (Lipinski definition) is 4. The fourth-order valence-corrected chi connectivity index (χ4v) is 3.46. The van der Waals surface area contributed by atoms with Gasteiger partial charge in [-0.25, -0.2) is 0 Å². The van der Waals surface area contributed by atoms with Crippen LogP contribution >= 0.6 is 0 Å². The van der Waals surface area contributed by atoms with Crippen LogP contribution in [-0.2, 0) is 12.8 Å². The number of hydrogen-bond donors (Lipinski definition) is 1. The van der Waals surface area contributed by atoms with Gasteiger partial charge in [-0.3, -0.25) is 0 Å². The molecule has 1 aliphatic rings. The van der Waals surface area contributed by atoms with Crippen molar-refractivity contribution < 1.29 is 14.6 Å². The molecule has 0 aromatic heterocycles. The van der Waals surface area contributed by atoms with Gasteiger partial charge in [0.2, 0.25) is 0 Å². The predicted molar refractivity (Wildman–Crippen MR) is 104 cm³/mol. The number of nitrogens with zero attached hydrogens (tertiary/aromatic N) is 1. The van der Waals surface area contributed by atoms with Gasteiger partial charge in [0.1, 0.15) is 24.2 Å². The van der Waals surface area contributed by atoms with Crippen LogP contribution in [0, 0.1) is 0 Å². The zero-order valence-corrected chi connectivity index (χ0v) is 15.6. The summed E-state index contributed by atoms with van der Waals surface area (Å²) in [6.07, 6.45) is 3.85. The quantitative estimate of drug-likeness (QED) is 0.749. The largest absolute Gasteiger partial charge is 0.497 e. The van der Waals surface area contributed by atoms with Crippen LogP contribution in [0.4, 0.5) is 0 Å². The first kappa shape index (κ1) is 18.7. The molecule has 1 aliphatic heterocycles. The Hall–Kier alpha value is -2.04. The third-order valence-electron chi connectivity index (χ3n) is 4.89. The summed E-state index contributed by atoms with van der Waals surface area (Å²) in [5.74, 6) is 1.76. The number of likely N-dealkylation sites (tertiary alicyclic amines) is 1. The van der Waals surface area contributed by atoms with Crippen LogP contribution in [-0.4, -0.2) is 49.5 Å². The van der Waals surface area contributed by atoms with Crippen LogP contribution in [0.15, 0.2) is 48.5 Å². The number of para-hydroxylation sites is 1. The van der Waals surface area contributed by atoms with E-state index < -0.39 is 6.10 Å². The predicted octanol–water partition coefficient (Wildman–Crippen LogP) is 3.32. The lowest BCUT2D eigenvalue weighted by atomic mass is 10.0. The fraction of sp³-hybridized carbons (Fsp3) is 0.455. The first-order valence-electron chi connectivity index (χ1n) is 9.48. The normalized spacial score (nSPS) is 15.8. The molecular weight excluding hydrogens is 326 g/mol. The molecule has 4 heteroatoms. The minimum Gasteiger partial charge on any atom is -0.497 e. The highest BCUT2D eigenvalue weighted by atomic mass is 16.5. The van der Waals surface area contributed by atoms with Crippen LogP contribution in [0.3, 0.4) is 0 Å². The van der Waals surface area contributed by atoms with Crippen molar-refractivity contribution in [2.45, 2.75) is 31.8 Å². The SMILES string of the molecule is COc1cccc(CCc2ccccc2OC[C@H](O)CN2CCCC2)c1. The third kappa shape index (κ3) is 5.48. The van der Waals surface area contributed by atoms with Crippen molar-refractivity contribution in [3.8, 4) is 11.5 Å². The molecule has 0 saturated carbocycles. The molecule has 26 heavy (non-hydrogen) atoms. The molecule has 2 aromatic rings. The van der Waals surface area contributed by atoms with E-state index in [1.54, 1.807) is 7.11 Å². The summed E-state index contributed by atoms with van der Waals surface area (Å²) in [7, 11) is 1.69. The average molecular weight is 355 g/mol. The maximum Gasteiger partial charge on any atom is 0.122 e. The average Bonchev–Trinajstić information content (AvgIpc) is 3.18. The van der Waals surface area contributed by atoms with Gasteiger partial charge >= 0.3 is 0 Å². The topological polar surface area (TPSA) is 41.9 Å². The minimum atomic E-state index is -0.445. The van der Waals surface area contributed by atoms with Gasteiger partial charge in [-0.2, -0.15) is 0 Å². The second kappa shape index (κ2) is 9.60. The lowest BCUT2D eigenvalue weighted by Crippen LogP contribution is -2.33. The number of ether oxygens (including phenoxy) is 2. The Morgan fingerprint density at radius 3 is 2.65 bits per heavy atom. The second-order valence-corrected chi connectivity index (χ2v) is 6.93. The monoisotopic (exact) mass is 355 g/mol. The van der Waals surface area contributed by atoms with Gasteiger partial charge < -0.3 is 19.5 Å². The van der Waals surface area contributed by atoms with Crippen molar-refractivity contribution in [3.05, 3.63) is 59.7 Å². The van der Waals surface area contributed by atoms with Gasteiger partial charge in [0.25, 0.3) is 0 Å². The molecule has 0 amide bonds. The van der Waals surface area contributed by atoms with Gasteiger partial charge in [0, 0.05) is 6.54 Å². The summed E-state index contributed by atoms with van der Waals surface area (Å²) in [6, 6.07) is 16.3. The Bertz CT molecular complexity index is 683. The Morgan fingerprint density at radius 2 is 1.85 bits per heavy atom. The van der Waals surface area contributed by atoms with E-state index in [2.05, 4.69) is 23.1 Å². The smallest absolute Gasteiger partial charge is 0.122 e. The van der Waals surface area contributed by atoms with E-state index in [-0.39, 0.29) is 0 Å². The summed E-state index contributed by atoms with van der Waals surface area (Å²) < 4.78 is 11.2. The standard InChI is InChI=1S/C22H29NO3/c1-25-21-9-6-7-18(15-21)11-12-19-8-2-3-10-22(19)26-17-20(24)16-23-13-4-5-14-23/h2-3,6-10,15,20,24H,4-5,11-14,16-17H2,1H3/t20-/m1/s1. The van der Waals surface area contributed by atoms with Gasteiger partial charge in [0.15, 0.2) is 0 Å². The maximum absolute atomic E-state index is 10.2. The Balaban J connectivity index is 1.53. The molecule has 0 unspecified atom stereocenters. The van der Waals surface area contributed by atoms with Crippen LogP contribution in [0.2, 0.25) is 0 Å². The van der Waals surface area contributed by atoms with Crippen molar-refractivity contribution in [1.29, 1.82) is 0 Å². The van der Waals surface area contributed by atoms with E-state index in [1.165, 1.54) is 24.0 Å². The molecule has 1 atom stereocenters. The van der Waals surface area contributed by atoms with Gasteiger partial charge in [-0.1, -0.05) is 30.3 Å². The van der Waals surface area contributed by atoms with Crippen LogP contribution in [0.5, 0.6) is 11.5 Å². The minimum absolute atomic E-state index is 0.340. The molecule has 2 aromatic carbocycles. The molecule has 0 aliphatic carbocycles. The zero-order valence-electron chi connectivity index (χ0n) is 15.6. The molecule has 1 saturated heterocycles. The van der Waals surface area contributed by atoms with E-state index in [0.717, 1.165) is 37.4 Å². The number of β-amino-alcohol motifs (C(OH)–C–C–N with tert-alkyl or cyclic N) is 1. The number of rotatable bonds is 9. The molecule has 0 spiro atoms. The molecule has 3 rings (SSSR count). The lowest BCUT2D eigenvalue weighted by molar-refractivity contribution is 0.0754. The summed E-state index contributed by atoms with van der Waals surface area (Å²) in [5, 5.41) is 10.2. The van der Waals surface area contributed by atoms with Crippen molar-refractivity contribution in [3.63, 3.8) is 0 Å². The molecule has 1 heterocycles. The molecule has 0 radical (unpaired) electrons. The maximum atomic E-state index is 10.2. The van der Waals surface area contributed by atoms with E-state index in [4.69, 9.17) is 9.47 Å². The van der Waals surface area contributed by atoms with Gasteiger partial charge in [-0.15, -0.1) is 0 Å². The van der Waals surface area contributed by atoms with Crippen molar-refractivity contribution >= 4 is 0 Å². The van der Waals surface area contributed by atoms with Crippen LogP contribution < -0.4 is 9.47 Å². The highest BCUT2D eigenvalue weighted by Crippen LogP contribution is 2.22. The van der Waals surface area contributed by atoms with E-state index in [0.29, 0.717) is 13.2 Å². The highest BCUT2D eigenvalue weighted by molar-refractivity contribution is 5.35. The number of benzene rings is 2. The summed E-state index contributed by atoms with van der Waals surface area (Å²) in [4.78, 5) is 2.31. The first-order chi connectivity index (χ1) is 12.7.